The zero-order valence-electron chi connectivity index (χ0n) is 12.6. The molecular formula is C13H24N4OS2. The number of thioether (sulfide) groups is 1. The van der Waals surface area contributed by atoms with Crippen molar-refractivity contribution in [1.82, 2.24) is 10.3 Å². The first-order valence-corrected chi connectivity index (χ1v) is 8.90. The number of nitrogens with two attached hydrogens (primary N) is 1. The average Bonchev–Trinajstić information content (AvgIpc) is 2.80. The molecule has 0 aliphatic heterocycles. The van der Waals surface area contributed by atoms with Gasteiger partial charge in [0.2, 0.25) is 0 Å². The Balaban J connectivity index is 2.73. The molecule has 0 fully saturated rings. The average molecular weight is 316 g/mol. The Hall–Kier alpha value is -0.950. The number of nitrogen functional groups attached to an aromatic ring is 1. The third-order valence-electron chi connectivity index (χ3n) is 2.83. The van der Waals surface area contributed by atoms with Gasteiger partial charge in [-0.05, 0) is 26.5 Å². The van der Waals surface area contributed by atoms with E-state index in [2.05, 4.69) is 36.0 Å². The molecule has 0 aromatic carbocycles. The van der Waals surface area contributed by atoms with Gasteiger partial charge in [0.05, 0.1) is 0 Å². The second kappa shape index (κ2) is 8.36. The lowest BCUT2D eigenvalue weighted by Gasteiger charge is -2.16. The number of rotatable bonds is 8. The summed E-state index contributed by atoms with van der Waals surface area (Å²) in [5.74, 6) is 2.16. The normalized spacial score (nSPS) is 12.2. The first-order valence-electron chi connectivity index (χ1n) is 6.93. The Morgan fingerprint density at radius 1 is 1.45 bits per heavy atom. The molecule has 1 rings (SSSR count). The van der Waals surface area contributed by atoms with Crippen molar-refractivity contribution < 1.29 is 4.79 Å². The number of nitrogens with one attached hydrogen (secondary N) is 1. The van der Waals surface area contributed by atoms with Crippen LogP contribution in [0.3, 0.4) is 0 Å². The highest BCUT2D eigenvalue weighted by molar-refractivity contribution is 7.99. The zero-order valence-corrected chi connectivity index (χ0v) is 14.2. The monoisotopic (exact) mass is 316 g/mol. The van der Waals surface area contributed by atoms with Gasteiger partial charge in [-0.1, -0.05) is 18.3 Å². The summed E-state index contributed by atoms with van der Waals surface area (Å²) < 4.78 is 0. The van der Waals surface area contributed by atoms with Crippen LogP contribution in [0.4, 0.5) is 10.9 Å². The van der Waals surface area contributed by atoms with Gasteiger partial charge in [0.15, 0.2) is 5.13 Å². The van der Waals surface area contributed by atoms with E-state index < -0.39 is 0 Å². The molecule has 0 saturated heterocycles. The van der Waals surface area contributed by atoms with Crippen molar-refractivity contribution in [3.8, 4) is 0 Å². The molecule has 3 N–H and O–H groups in total. The maximum Gasteiger partial charge on any atom is 0.265 e. The third kappa shape index (κ3) is 4.56. The Morgan fingerprint density at radius 3 is 2.65 bits per heavy atom. The van der Waals surface area contributed by atoms with Gasteiger partial charge in [-0.15, -0.1) is 0 Å². The van der Waals surface area contributed by atoms with Crippen LogP contribution in [0.1, 0.15) is 37.4 Å². The quantitative estimate of drug-likeness (QED) is 0.771. The lowest BCUT2D eigenvalue weighted by atomic mass is 10.3. The summed E-state index contributed by atoms with van der Waals surface area (Å²) in [5.41, 5.74) is 5.87. The predicted molar refractivity (Wildman–Crippen MR) is 90.0 cm³/mol. The van der Waals surface area contributed by atoms with Crippen LogP contribution in [0, 0.1) is 0 Å². The first kappa shape index (κ1) is 17.1. The molecular weight excluding hydrogens is 292 g/mol. The number of nitrogens with zero attached hydrogens (tertiary/aromatic N) is 2. The number of hydrogen-bond donors (Lipinski definition) is 2. The van der Waals surface area contributed by atoms with E-state index in [0.717, 1.165) is 29.7 Å². The molecule has 0 radical (unpaired) electrons. The molecule has 114 valence electrons. The molecule has 1 atom stereocenters. The molecule has 20 heavy (non-hydrogen) atoms. The minimum Gasteiger partial charge on any atom is -0.382 e. The minimum atomic E-state index is -0.123. The van der Waals surface area contributed by atoms with Gasteiger partial charge in [0, 0.05) is 24.9 Å². The van der Waals surface area contributed by atoms with Gasteiger partial charge in [-0.3, -0.25) is 4.79 Å². The molecule has 1 aromatic rings. The van der Waals surface area contributed by atoms with Crippen LogP contribution in [0.25, 0.3) is 0 Å². The van der Waals surface area contributed by atoms with Crippen molar-refractivity contribution in [2.75, 3.05) is 35.2 Å². The van der Waals surface area contributed by atoms with E-state index in [-0.39, 0.29) is 11.9 Å². The van der Waals surface area contributed by atoms with Gasteiger partial charge in [0.1, 0.15) is 10.7 Å². The number of anilines is 2. The maximum absolute atomic E-state index is 12.2. The second-order valence-electron chi connectivity index (χ2n) is 4.42. The van der Waals surface area contributed by atoms with Gasteiger partial charge in [0.25, 0.3) is 5.91 Å². The van der Waals surface area contributed by atoms with Crippen molar-refractivity contribution >= 4 is 40.0 Å². The summed E-state index contributed by atoms with van der Waals surface area (Å²) in [6.07, 6.45) is 0. The van der Waals surface area contributed by atoms with Gasteiger partial charge in [-0.25, -0.2) is 4.98 Å². The summed E-state index contributed by atoms with van der Waals surface area (Å²) in [5, 5.41) is 3.79. The third-order valence-corrected chi connectivity index (χ3v) is 5.11. The Bertz CT molecular complexity index is 432. The predicted octanol–water partition coefficient (Wildman–Crippen LogP) is 2.44. The van der Waals surface area contributed by atoms with E-state index in [1.165, 1.54) is 11.3 Å². The van der Waals surface area contributed by atoms with Crippen LogP contribution in [-0.4, -0.2) is 41.5 Å². The molecule has 0 saturated carbocycles. The number of amides is 1. The SMILES string of the molecule is CCSCC(C)NC(=O)c1sc(N(CC)CC)nc1N. The zero-order chi connectivity index (χ0) is 15.1. The highest BCUT2D eigenvalue weighted by Gasteiger charge is 2.19. The van der Waals surface area contributed by atoms with E-state index in [1.807, 2.05) is 18.7 Å². The largest absolute Gasteiger partial charge is 0.382 e. The van der Waals surface area contributed by atoms with Crippen LogP contribution in [-0.2, 0) is 0 Å². The van der Waals surface area contributed by atoms with Crippen molar-refractivity contribution in [2.45, 2.75) is 33.7 Å². The second-order valence-corrected chi connectivity index (χ2v) is 6.71. The number of carbonyl (C=O) groups is 1. The van der Waals surface area contributed by atoms with Crippen molar-refractivity contribution in [3.05, 3.63) is 4.88 Å². The highest BCUT2D eigenvalue weighted by atomic mass is 32.2. The molecule has 1 heterocycles. The van der Waals surface area contributed by atoms with E-state index in [9.17, 15) is 4.79 Å². The van der Waals surface area contributed by atoms with Crippen molar-refractivity contribution in [2.24, 2.45) is 0 Å². The summed E-state index contributed by atoms with van der Waals surface area (Å²) in [6, 6.07) is 0.130. The molecule has 7 heteroatoms. The molecule has 0 aliphatic carbocycles. The van der Waals surface area contributed by atoms with Crippen LogP contribution in [0.5, 0.6) is 0 Å². The fraction of sp³-hybridized carbons (Fsp3) is 0.692. The number of carbonyl (C=O) groups excluding carboxylic acids is 1. The first-order chi connectivity index (χ1) is 9.53. The number of hydrogen-bond acceptors (Lipinski definition) is 6. The molecule has 1 aromatic heterocycles. The maximum atomic E-state index is 12.2. The number of aromatic nitrogens is 1. The van der Waals surface area contributed by atoms with Crippen LogP contribution >= 0.6 is 23.1 Å². The lowest BCUT2D eigenvalue weighted by molar-refractivity contribution is 0.0948. The fourth-order valence-electron chi connectivity index (χ4n) is 1.74. The van der Waals surface area contributed by atoms with Gasteiger partial charge < -0.3 is 16.0 Å². The summed E-state index contributed by atoms with van der Waals surface area (Å²) in [7, 11) is 0. The fourth-order valence-corrected chi connectivity index (χ4v) is 3.43. The van der Waals surface area contributed by atoms with Gasteiger partial charge in [-0.2, -0.15) is 11.8 Å². The smallest absolute Gasteiger partial charge is 0.265 e. The summed E-state index contributed by atoms with van der Waals surface area (Å²) in [4.78, 5) is 19.1. The van der Waals surface area contributed by atoms with E-state index >= 15 is 0 Å². The van der Waals surface area contributed by atoms with Gasteiger partial charge >= 0.3 is 0 Å². The standard InChI is InChI=1S/C13H24N4OS2/c1-5-17(6-2)13-16-11(14)10(20-13)12(18)15-9(4)8-19-7-3/h9H,5-8,14H2,1-4H3,(H,15,18). The molecule has 0 aliphatic rings. The van der Waals surface area contributed by atoms with Crippen LogP contribution < -0.4 is 16.0 Å². The Morgan fingerprint density at radius 2 is 2.10 bits per heavy atom. The molecule has 5 nitrogen and oxygen atoms in total. The van der Waals surface area contributed by atoms with Crippen LogP contribution in [0.2, 0.25) is 0 Å². The number of thiazole rings is 1. The van der Waals surface area contributed by atoms with Crippen LogP contribution in [0.15, 0.2) is 0 Å². The summed E-state index contributed by atoms with van der Waals surface area (Å²) >= 11 is 3.17. The minimum absolute atomic E-state index is 0.123. The van der Waals surface area contributed by atoms with E-state index in [4.69, 9.17) is 5.73 Å². The highest BCUT2D eigenvalue weighted by Crippen LogP contribution is 2.28. The Kier molecular flexibility index (Phi) is 7.15. The molecule has 1 amide bonds. The summed E-state index contributed by atoms with van der Waals surface area (Å²) in [6.45, 7) is 9.94. The molecule has 0 bridgehead atoms. The molecule has 0 spiro atoms. The Labute approximate surface area is 129 Å². The topological polar surface area (TPSA) is 71.2 Å². The van der Waals surface area contributed by atoms with Crippen molar-refractivity contribution in [3.63, 3.8) is 0 Å². The molecule has 1 unspecified atom stereocenters. The lowest BCUT2D eigenvalue weighted by Crippen LogP contribution is -2.34. The van der Waals surface area contributed by atoms with E-state index in [1.54, 1.807) is 0 Å². The van der Waals surface area contributed by atoms with E-state index in [0.29, 0.717) is 10.7 Å². The van der Waals surface area contributed by atoms with Crippen molar-refractivity contribution in [1.29, 1.82) is 0 Å².